The maximum atomic E-state index is 12.0. The molecule has 1 unspecified atom stereocenters. The van der Waals surface area contributed by atoms with Crippen LogP contribution in [0.4, 0.5) is 0 Å². The predicted molar refractivity (Wildman–Crippen MR) is 82.8 cm³/mol. The molecule has 122 valence electrons. The summed E-state index contributed by atoms with van der Waals surface area (Å²) in [5.41, 5.74) is -2.18. The molecule has 0 aliphatic heterocycles. The van der Waals surface area contributed by atoms with Crippen molar-refractivity contribution in [1.29, 1.82) is 0 Å². The van der Waals surface area contributed by atoms with Crippen LogP contribution >= 0.6 is 34.8 Å². The van der Waals surface area contributed by atoms with Crippen LogP contribution in [0.3, 0.4) is 0 Å². The second kappa shape index (κ2) is 7.48. The molecule has 1 aromatic rings. The van der Waals surface area contributed by atoms with Gasteiger partial charge in [0.15, 0.2) is 11.8 Å². The van der Waals surface area contributed by atoms with E-state index in [9.17, 15) is 20.1 Å². The summed E-state index contributed by atoms with van der Waals surface area (Å²) < 4.78 is 5.07. The molecule has 1 heterocycles. The van der Waals surface area contributed by atoms with Crippen LogP contribution in [0.2, 0.25) is 15.2 Å². The number of halogens is 3. The molecule has 22 heavy (non-hydrogen) atoms. The van der Waals surface area contributed by atoms with Crippen LogP contribution in [0.15, 0.2) is 17.4 Å². The van der Waals surface area contributed by atoms with E-state index in [0.29, 0.717) is 0 Å². The fourth-order valence-corrected chi connectivity index (χ4v) is 2.04. The van der Waals surface area contributed by atoms with Crippen molar-refractivity contribution in [3.63, 3.8) is 0 Å². The Labute approximate surface area is 141 Å². The number of rotatable bonds is 6. The lowest BCUT2D eigenvalue weighted by atomic mass is 9.94. The highest BCUT2D eigenvalue weighted by atomic mass is 35.5. The number of allylic oxidation sites excluding steroid dienone is 1. The van der Waals surface area contributed by atoms with Gasteiger partial charge in [-0.2, -0.15) is 4.98 Å². The standard InChI is InChI=1S/C13H14Cl3NO5/c1-6(2)10(20)13(21,5-18)9(19)4-22-12-8(15)3-7(14)11(16)17-12/h3,18,20-21H,4-5H2,1-2H3. The molecule has 9 heteroatoms. The second-order valence-electron chi connectivity index (χ2n) is 4.63. The fraction of sp³-hybridized carbons (Fsp3) is 0.385. The summed E-state index contributed by atoms with van der Waals surface area (Å²) in [6.45, 7) is 1.25. The average molecular weight is 371 g/mol. The quantitative estimate of drug-likeness (QED) is 0.526. The number of hydrogen-bond donors (Lipinski definition) is 3. The molecule has 0 spiro atoms. The summed E-state index contributed by atoms with van der Waals surface area (Å²) in [7, 11) is 0. The van der Waals surface area contributed by atoms with Crippen molar-refractivity contribution in [2.75, 3.05) is 13.2 Å². The van der Waals surface area contributed by atoms with Gasteiger partial charge in [0.25, 0.3) is 0 Å². The smallest absolute Gasteiger partial charge is 0.234 e. The van der Waals surface area contributed by atoms with Gasteiger partial charge in [-0.05, 0) is 25.5 Å². The zero-order chi connectivity index (χ0) is 17.1. The molecule has 0 saturated heterocycles. The highest BCUT2D eigenvalue weighted by molar-refractivity contribution is 6.42. The number of nitrogens with zero attached hydrogens (tertiary/aromatic N) is 1. The molecule has 1 aromatic heterocycles. The first-order valence-electron chi connectivity index (χ1n) is 6.01. The molecule has 0 aromatic carbocycles. The van der Waals surface area contributed by atoms with Gasteiger partial charge in [-0.25, -0.2) is 0 Å². The van der Waals surface area contributed by atoms with Gasteiger partial charge in [0.1, 0.15) is 10.8 Å². The number of aromatic nitrogens is 1. The van der Waals surface area contributed by atoms with Crippen LogP contribution in [-0.2, 0) is 4.79 Å². The Morgan fingerprint density at radius 1 is 1.32 bits per heavy atom. The van der Waals surface area contributed by atoms with E-state index in [1.807, 2.05) is 0 Å². The van der Waals surface area contributed by atoms with Gasteiger partial charge in [0, 0.05) is 0 Å². The first kappa shape index (κ1) is 19.0. The van der Waals surface area contributed by atoms with Crippen LogP contribution in [0.25, 0.3) is 0 Å². The predicted octanol–water partition coefficient (Wildman–Crippen LogP) is 2.57. The monoisotopic (exact) mass is 369 g/mol. The van der Waals surface area contributed by atoms with Crippen LogP contribution in [0.5, 0.6) is 5.88 Å². The summed E-state index contributed by atoms with van der Waals surface area (Å²) in [5, 5.41) is 29.1. The Bertz CT molecular complexity index is 616. The minimum Gasteiger partial charge on any atom is -0.509 e. The van der Waals surface area contributed by atoms with E-state index >= 15 is 0 Å². The van der Waals surface area contributed by atoms with Gasteiger partial charge in [-0.1, -0.05) is 34.8 Å². The molecule has 6 nitrogen and oxygen atoms in total. The van der Waals surface area contributed by atoms with Gasteiger partial charge in [0.2, 0.25) is 17.3 Å². The van der Waals surface area contributed by atoms with Crippen molar-refractivity contribution in [3.8, 4) is 5.88 Å². The Morgan fingerprint density at radius 2 is 1.91 bits per heavy atom. The van der Waals surface area contributed by atoms with Crippen molar-refractivity contribution in [1.82, 2.24) is 4.98 Å². The van der Waals surface area contributed by atoms with E-state index < -0.39 is 30.4 Å². The molecule has 1 atom stereocenters. The third-order valence-corrected chi connectivity index (χ3v) is 3.69. The highest BCUT2D eigenvalue weighted by Crippen LogP contribution is 2.30. The second-order valence-corrected chi connectivity index (χ2v) is 5.80. The molecule has 0 bridgehead atoms. The first-order chi connectivity index (χ1) is 10.1. The van der Waals surface area contributed by atoms with E-state index in [2.05, 4.69) is 4.98 Å². The minimum absolute atomic E-state index is 0.0150. The van der Waals surface area contributed by atoms with E-state index in [1.54, 1.807) is 0 Å². The lowest BCUT2D eigenvalue weighted by Crippen LogP contribution is -2.47. The van der Waals surface area contributed by atoms with Gasteiger partial charge in [-0.3, -0.25) is 4.79 Å². The van der Waals surface area contributed by atoms with Gasteiger partial charge in [-0.15, -0.1) is 0 Å². The Balaban J connectivity index is 2.94. The number of carbonyl (C=O) groups excluding carboxylic acids is 1. The average Bonchev–Trinajstić information content (AvgIpc) is 2.47. The van der Waals surface area contributed by atoms with E-state index in [1.165, 1.54) is 19.9 Å². The summed E-state index contributed by atoms with van der Waals surface area (Å²) in [6.07, 6.45) is 0. The van der Waals surface area contributed by atoms with E-state index in [4.69, 9.17) is 39.5 Å². The third kappa shape index (κ3) is 4.02. The molecule has 0 fully saturated rings. The van der Waals surface area contributed by atoms with Crippen LogP contribution in [-0.4, -0.2) is 44.9 Å². The molecule has 0 aliphatic rings. The summed E-state index contributed by atoms with van der Waals surface area (Å²) in [5.74, 6) is -1.78. The zero-order valence-corrected chi connectivity index (χ0v) is 14.0. The van der Waals surface area contributed by atoms with Crippen molar-refractivity contribution < 1.29 is 24.9 Å². The maximum Gasteiger partial charge on any atom is 0.234 e. The van der Waals surface area contributed by atoms with Crippen LogP contribution in [0.1, 0.15) is 13.8 Å². The van der Waals surface area contributed by atoms with Gasteiger partial charge >= 0.3 is 0 Å². The Kier molecular flexibility index (Phi) is 6.46. The zero-order valence-electron chi connectivity index (χ0n) is 11.7. The minimum atomic E-state index is -2.46. The lowest BCUT2D eigenvalue weighted by molar-refractivity contribution is -0.142. The largest absolute Gasteiger partial charge is 0.509 e. The number of aliphatic hydroxyl groups is 3. The molecule has 1 rings (SSSR count). The number of Topliss-reactive ketones (excluding diaryl/α,β-unsaturated/α-hetero) is 1. The fourth-order valence-electron chi connectivity index (χ4n) is 1.49. The molecular weight excluding hydrogens is 357 g/mol. The molecule has 0 radical (unpaired) electrons. The van der Waals surface area contributed by atoms with Crippen LogP contribution in [0, 0.1) is 0 Å². The Hall–Kier alpha value is -1.05. The number of ether oxygens (including phenoxy) is 1. The molecular formula is C13H14Cl3NO5. The maximum absolute atomic E-state index is 12.0. The van der Waals surface area contributed by atoms with Gasteiger partial charge < -0.3 is 20.1 Å². The molecule has 0 aliphatic carbocycles. The third-order valence-electron chi connectivity index (χ3n) is 2.75. The number of pyridine rings is 1. The SMILES string of the molecule is CC(C)=C(O)C(O)(CO)C(=O)COc1nc(Cl)c(Cl)cc1Cl. The summed E-state index contributed by atoms with van der Waals surface area (Å²) in [6, 6.07) is 1.28. The van der Waals surface area contributed by atoms with Crippen molar-refractivity contribution >= 4 is 40.6 Å². The van der Waals surface area contributed by atoms with E-state index in [0.717, 1.165) is 0 Å². The number of carbonyl (C=O) groups is 1. The topological polar surface area (TPSA) is 99.9 Å². The van der Waals surface area contributed by atoms with E-state index in [-0.39, 0.29) is 26.7 Å². The number of aliphatic hydroxyl groups excluding tert-OH is 2. The summed E-state index contributed by atoms with van der Waals surface area (Å²) >= 11 is 17.2. The normalized spacial score (nSPS) is 13.4. The van der Waals surface area contributed by atoms with Crippen molar-refractivity contribution in [3.05, 3.63) is 32.6 Å². The summed E-state index contributed by atoms with van der Waals surface area (Å²) in [4.78, 5) is 15.8. The number of hydrogen-bond acceptors (Lipinski definition) is 6. The Morgan fingerprint density at radius 3 is 2.41 bits per heavy atom. The van der Waals surface area contributed by atoms with Crippen molar-refractivity contribution in [2.24, 2.45) is 0 Å². The highest BCUT2D eigenvalue weighted by Gasteiger charge is 2.40. The first-order valence-corrected chi connectivity index (χ1v) is 7.14. The molecule has 0 amide bonds. The molecule has 3 N–H and O–H groups in total. The lowest BCUT2D eigenvalue weighted by Gasteiger charge is -2.24. The van der Waals surface area contributed by atoms with Crippen molar-refractivity contribution in [2.45, 2.75) is 19.4 Å². The number of ketones is 1. The molecule has 0 saturated carbocycles. The van der Waals surface area contributed by atoms with Gasteiger partial charge in [0.05, 0.1) is 11.6 Å². The van der Waals surface area contributed by atoms with Crippen LogP contribution < -0.4 is 4.74 Å².